The number of hydrogen-bond donors (Lipinski definition) is 1. The van der Waals surface area contributed by atoms with Gasteiger partial charge in [0.1, 0.15) is 5.75 Å². The molecule has 0 unspecified atom stereocenters. The third kappa shape index (κ3) is 6.03. The number of benzene rings is 1. The van der Waals surface area contributed by atoms with Gasteiger partial charge in [0.15, 0.2) is 5.13 Å². The molecule has 1 aliphatic heterocycles. The van der Waals surface area contributed by atoms with Crippen molar-refractivity contribution in [2.24, 2.45) is 5.92 Å². The van der Waals surface area contributed by atoms with Crippen LogP contribution >= 0.6 is 11.3 Å². The first-order chi connectivity index (χ1) is 13.9. The van der Waals surface area contributed by atoms with Crippen molar-refractivity contribution in [3.63, 3.8) is 0 Å². The Labute approximate surface area is 176 Å². The van der Waals surface area contributed by atoms with Crippen molar-refractivity contribution in [3.8, 4) is 5.75 Å². The first-order valence-electron chi connectivity index (χ1n) is 10.2. The summed E-state index contributed by atoms with van der Waals surface area (Å²) in [4.78, 5) is 32.1. The zero-order valence-electron chi connectivity index (χ0n) is 17.4. The van der Waals surface area contributed by atoms with E-state index in [0.29, 0.717) is 50.0 Å². The van der Waals surface area contributed by atoms with Crippen LogP contribution < -0.4 is 10.1 Å². The molecule has 1 aliphatic rings. The molecule has 0 bridgehead atoms. The average molecular weight is 416 g/mol. The number of carbonyl (C=O) groups excluding carboxylic acids is 2. The molecule has 1 N–H and O–H groups in total. The van der Waals surface area contributed by atoms with Gasteiger partial charge in [-0.2, -0.15) is 0 Å². The minimum atomic E-state index is -0.0581. The largest absolute Gasteiger partial charge is 0.493 e. The van der Waals surface area contributed by atoms with Crippen molar-refractivity contribution in [1.82, 2.24) is 9.88 Å². The summed E-state index contributed by atoms with van der Waals surface area (Å²) in [5.74, 6) is 1.35. The fourth-order valence-electron chi connectivity index (χ4n) is 3.26. The molecule has 6 nitrogen and oxygen atoms in total. The second-order valence-electron chi connectivity index (χ2n) is 7.82. The maximum absolute atomic E-state index is 12.3. The molecule has 2 heterocycles. The number of aryl methyl sites for hydroxylation is 1. The predicted octanol–water partition coefficient (Wildman–Crippen LogP) is 4.18. The number of hydrogen-bond acceptors (Lipinski definition) is 5. The minimum Gasteiger partial charge on any atom is -0.493 e. The van der Waals surface area contributed by atoms with Gasteiger partial charge in [-0.05, 0) is 30.9 Å². The number of nitrogens with zero attached hydrogens (tertiary/aromatic N) is 2. The fraction of sp³-hybridized carbons (Fsp3) is 0.500. The van der Waals surface area contributed by atoms with Gasteiger partial charge in [-0.1, -0.05) is 43.4 Å². The van der Waals surface area contributed by atoms with Crippen molar-refractivity contribution < 1.29 is 14.3 Å². The lowest BCUT2D eigenvalue weighted by Gasteiger charge is -2.26. The Bertz CT molecular complexity index is 863. The lowest BCUT2D eigenvalue weighted by atomic mass is 10.1. The Morgan fingerprint density at radius 2 is 2.10 bits per heavy atom. The number of rotatable bonds is 8. The zero-order chi connectivity index (χ0) is 20.8. The third-order valence-electron chi connectivity index (χ3n) is 4.81. The summed E-state index contributed by atoms with van der Waals surface area (Å²) in [6.45, 7) is 7.91. The standard InChI is InChI=1S/C22H29N3O3S/c1-15(2)13-21(27)25-11-10-17-19(14-25)29-22(23-17)24-20(26)9-6-12-28-18-8-5-4-7-16(18)3/h4-5,7-8,15H,6,9-14H2,1-3H3,(H,23,24,26). The lowest BCUT2D eigenvalue weighted by Crippen LogP contribution is -2.36. The summed E-state index contributed by atoms with van der Waals surface area (Å²) in [5.41, 5.74) is 2.09. The van der Waals surface area contributed by atoms with Gasteiger partial charge >= 0.3 is 0 Å². The molecule has 0 saturated carbocycles. The Balaban J connectivity index is 1.44. The number of carbonyl (C=O) groups is 2. The second kappa shape index (κ2) is 9.87. The van der Waals surface area contributed by atoms with Crippen LogP contribution in [0.15, 0.2) is 24.3 Å². The molecule has 0 saturated heterocycles. The Morgan fingerprint density at radius 3 is 2.86 bits per heavy atom. The van der Waals surface area contributed by atoms with Crippen LogP contribution in [0, 0.1) is 12.8 Å². The molecule has 0 aliphatic carbocycles. The van der Waals surface area contributed by atoms with E-state index in [9.17, 15) is 9.59 Å². The number of thiazole rings is 1. The molecule has 1 aromatic carbocycles. The highest BCUT2D eigenvalue weighted by molar-refractivity contribution is 7.15. The lowest BCUT2D eigenvalue weighted by molar-refractivity contribution is -0.132. The van der Waals surface area contributed by atoms with Crippen molar-refractivity contribution in [2.75, 3.05) is 18.5 Å². The average Bonchev–Trinajstić information content (AvgIpc) is 3.07. The van der Waals surface area contributed by atoms with Crippen LogP contribution in [-0.4, -0.2) is 34.8 Å². The molecule has 156 valence electrons. The maximum atomic E-state index is 12.3. The third-order valence-corrected chi connectivity index (χ3v) is 5.81. The van der Waals surface area contributed by atoms with E-state index in [1.165, 1.54) is 11.3 Å². The van der Waals surface area contributed by atoms with Gasteiger partial charge in [0.05, 0.1) is 18.8 Å². The van der Waals surface area contributed by atoms with Crippen molar-refractivity contribution in [2.45, 2.75) is 53.0 Å². The van der Waals surface area contributed by atoms with Gasteiger partial charge in [0.25, 0.3) is 0 Å². The van der Waals surface area contributed by atoms with E-state index in [2.05, 4.69) is 24.1 Å². The quantitative estimate of drug-likeness (QED) is 0.657. The molecule has 29 heavy (non-hydrogen) atoms. The van der Waals surface area contributed by atoms with E-state index < -0.39 is 0 Å². The summed E-state index contributed by atoms with van der Waals surface area (Å²) in [6.07, 6.45) is 2.34. The number of anilines is 1. The van der Waals surface area contributed by atoms with E-state index >= 15 is 0 Å². The van der Waals surface area contributed by atoms with E-state index in [1.807, 2.05) is 36.1 Å². The molecule has 2 aromatic rings. The van der Waals surface area contributed by atoms with Gasteiger partial charge < -0.3 is 15.0 Å². The first kappa shape index (κ1) is 21.3. The summed E-state index contributed by atoms with van der Waals surface area (Å²) in [6, 6.07) is 7.86. The molecule has 3 rings (SSSR count). The van der Waals surface area contributed by atoms with E-state index in [-0.39, 0.29) is 11.8 Å². The van der Waals surface area contributed by atoms with Crippen LogP contribution in [0.5, 0.6) is 5.75 Å². The van der Waals surface area contributed by atoms with E-state index in [0.717, 1.165) is 28.3 Å². The molecule has 2 amide bonds. The highest BCUT2D eigenvalue weighted by atomic mass is 32.1. The first-order valence-corrected chi connectivity index (χ1v) is 11.0. The smallest absolute Gasteiger partial charge is 0.226 e. The Morgan fingerprint density at radius 1 is 1.31 bits per heavy atom. The van der Waals surface area contributed by atoms with Crippen LogP contribution in [0.2, 0.25) is 0 Å². The van der Waals surface area contributed by atoms with Crippen molar-refractivity contribution in [1.29, 1.82) is 0 Å². The number of ether oxygens (including phenoxy) is 1. The van der Waals surface area contributed by atoms with Gasteiger partial charge in [-0.3, -0.25) is 9.59 Å². The second-order valence-corrected chi connectivity index (χ2v) is 8.90. The SMILES string of the molecule is Cc1ccccc1OCCCC(=O)Nc1nc2c(s1)CN(C(=O)CC(C)C)CC2. The van der Waals surface area contributed by atoms with Crippen LogP contribution in [0.3, 0.4) is 0 Å². The monoisotopic (exact) mass is 415 g/mol. The highest BCUT2D eigenvalue weighted by Gasteiger charge is 2.24. The molecule has 1 aromatic heterocycles. The Kier molecular flexibility index (Phi) is 7.25. The van der Waals surface area contributed by atoms with E-state index in [1.54, 1.807) is 0 Å². The highest BCUT2D eigenvalue weighted by Crippen LogP contribution is 2.29. The van der Waals surface area contributed by atoms with Crippen molar-refractivity contribution in [3.05, 3.63) is 40.4 Å². The molecular formula is C22H29N3O3S. The number of aromatic nitrogens is 1. The number of fused-ring (bicyclic) bond motifs is 1. The number of amides is 2. The zero-order valence-corrected chi connectivity index (χ0v) is 18.2. The Hall–Kier alpha value is -2.41. The maximum Gasteiger partial charge on any atom is 0.226 e. The predicted molar refractivity (Wildman–Crippen MR) is 115 cm³/mol. The summed E-state index contributed by atoms with van der Waals surface area (Å²) in [5, 5.41) is 3.52. The molecule has 0 atom stereocenters. The molecule has 0 spiro atoms. The fourth-order valence-corrected chi connectivity index (χ4v) is 4.30. The molecule has 0 fully saturated rings. The van der Waals surface area contributed by atoms with Crippen LogP contribution in [0.1, 0.15) is 49.2 Å². The van der Waals surface area contributed by atoms with Crippen LogP contribution in [-0.2, 0) is 22.6 Å². The summed E-state index contributed by atoms with van der Waals surface area (Å²) < 4.78 is 5.73. The normalized spacial score (nSPS) is 13.3. The van der Waals surface area contributed by atoms with E-state index in [4.69, 9.17) is 4.74 Å². The summed E-state index contributed by atoms with van der Waals surface area (Å²) in [7, 11) is 0. The molecule has 0 radical (unpaired) electrons. The topological polar surface area (TPSA) is 71.5 Å². The van der Waals surface area contributed by atoms with Gasteiger partial charge in [-0.25, -0.2) is 4.98 Å². The van der Waals surface area contributed by atoms with Gasteiger partial charge in [0.2, 0.25) is 11.8 Å². The molecule has 7 heteroatoms. The van der Waals surface area contributed by atoms with Crippen molar-refractivity contribution >= 4 is 28.3 Å². The van der Waals surface area contributed by atoms with Gasteiger partial charge in [0, 0.05) is 30.7 Å². The van der Waals surface area contributed by atoms with Crippen LogP contribution in [0.25, 0.3) is 0 Å². The molecular weight excluding hydrogens is 386 g/mol. The van der Waals surface area contributed by atoms with Gasteiger partial charge in [-0.15, -0.1) is 0 Å². The summed E-state index contributed by atoms with van der Waals surface area (Å²) >= 11 is 1.47. The number of para-hydroxylation sites is 1. The minimum absolute atomic E-state index is 0.0581. The van der Waals surface area contributed by atoms with Crippen LogP contribution in [0.4, 0.5) is 5.13 Å². The number of nitrogens with one attached hydrogen (secondary N) is 1.